The van der Waals surface area contributed by atoms with Crippen molar-refractivity contribution in [1.29, 1.82) is 0 Å². The first-order valence-corrected chi connectivity index (χ1v) is 5.65. The highest BCUT2D eigenvalue weighted by atomic mass is 127. The van der Waals surface area contributed by atoms with Gasteiger partial charge in [-0.25, -0.2) is 4.79 Å². The molecule has 1 aromatic rings. The minimum absolute atomic E-state index is 0.103. The molecule has 2 rings (SSSR count). The molecule has 0 heterocycles. The Balaban J connectivity index is 1.89. The van der Waals surface area contributed by atoms with Crippen molar-refractivity contribution >= 4 is 34.3 Å². The topological polar surface area (TPSA) is 41.1 Å². The first kappa shape index (κ1) is 9.76. The van der Waals surface area contributed by atoms with Gasteiger partial charge in [0.1, 0.15) is 0 Å². The first-order valence-electron chi connectivity index (χ1n) is 4.57. The van der Waals surface area contributed by atoms with Gasteiger partial charge < -0.3 is 10.6 Å². The lowest BCUT2D eigenvalue weighted by molar-refractivity contribution is 0.251. The summed E-state index contributed by atoms with van der Waals surface area (Å²) in [7, 11) is 0. The molecule has 0 aromatic heterocycles. The van der Waals surface area contributed by atoms with Crippen LogP contribution in [0.1, 0.15) is 12.8 Å². The second-order valence-electron chi connectivity index (χ2n) is 3.38. The molecule has 0 bridgehead atoms. The van der Waals surface area contributed by atoms with Gasteiger partial charge in [0, 0.05) is 15.3 Å². The van der Waals surface area contributed by atoms with Crippen LogP contribution in [0, 0.1) is 3.57 Å². The molecule has 3 nitrogen and oxygen atoms in total. The molecule has 1 aliphatic rings. The maximum atomic E-state index is 11.3. The molecule has 0 saturated heterocycles. The third kappa shape index (κ3) is 2.87. The van der Waals surface area contributed by atoms with Crippen LogP contribution < -0.4 is 10.6 Å². The molecule has 74 valence electrons. The molecule has 2 N–H and O–H groups in total. The van der Waals surface area contributed by atoms with Crippen molar-refractivity contribution < 1.29 is 4.79 Å². The maximum absolute atomic E-state index is 11.3. The summed E-state index contributed by atoms with van der Waals surface area (Å²) >= 11 is 2.23. The smallest absolute Gasteiger partial charge is 0.319 e. The summed E-state index contributed by atoms with van der Waals surface area (Å²) in [6, 6.07) is 8.02. The van der Waals surface area contributed by atoms with Crippen molar-refractivity contribution in [3.8, 4) is 0 Å². The average Bonchev–Trinajstić information content (AvgIpc) is 2.93. The van der Waals surface area contributed by atoms with Gasteiger partial charge in [0.05, 0.1) is 0 Å². The number of hydrogen-bond donors (Lipinski definition) is 2. The number of benzene rings is 1. The molecule has 14 heavy (non-hydrogen) atoms. The Labute approximate surface area is 96.4 Å². The summed E-state index contributed by atoms with van der Waals surface area (Å²) in [5, 5.41) is 5.65. The highest BCUT2D eigenvalue weighted by molar-refractivity contribution is 14.1. The number of hydrogen-bond acceptors (Lipinski definition) is 1. The molecule has 1 saturated carbocycles. The number of carbonyl (C=O) groups is 1. The summed E-state index contributed by atoms with van der Waals surface area (Å²) in [4.78, 5) is 11.3. The van der Waals surface area contributed by atoms with Crippen molar-refractivity contribution in [3.63, 3.8) is 0 Å². The number of carbonyl (C=O) groups excluding carboxylic acids is 1. The summed E-state index contributed by atoms with van der Waals surface area (Å²) in [6.07, 6.45) is 2.22. The van der Waals surface area contributed by atoms with Gasteiger partial charge in [0.2, 0.25) is 0 Å². The molecule has 1 fully saturated rings. The van der Waals surface area contributed by atoms with E-state index in [0.29, 0.717) is 6.04 Å². The number of amides is 2. The Hall–Kier alpha value is -0.780. The third-order valence-corrected chi connectivity index (χ3v) is 2.73. The summed E-state index contributed by atoms with van der Waals surface area (Å²) in [6.45, 7) is 0. The summed E-state index contributed by atoms with van der Waals surface area (Å²) in [5.41, 5.74) is 0.837. The van der Waals surface area contributed by atoms with E-state index in [1.54, 1.807) is 0 Å². The predicted molar refractivity (Wildman–Crippen MR) is 64.3 cm³/mol. The predicted octanol–water partition coefficient (Wildman–Crippen LogP) is 2.58. The summed E-state index contributed by atoms with van der Waals surface area (Å²) < 4.78 is 1.16. The largest absolute Gasteiger partial charge is 0.335 e. The fraction of sp³-hybridized carbons (Fsp3) is 0.300. The van der Waals surface area contributed by atoms with E-state index in [4.69, 9.17) is 0 Å². The first-order chi connectivity index (χ1) is 6.74. The van der Waals surface area contributed by atoms with Crippen LogP contribution in [0.2, 0.25) is 0 Å². The zero-order valence-corrected chi connectivity index (χ0v) is 9.74. The van der Waals surface area contributed by atoms with Crippen LogP contribution in [-0.4, -0.2) is 12.1 Å². The minimum Gasteiger partial charge on any atom is -0.335 e. The van der Waals surface area contributed by atoms with E-state index < -0.39 is 0 Å². The Morgan fingerprint density at radius 2 is 1.93 bits per heavy atom. The van der Waals surface area contributed by atoms with Gasteiger partial charge >= 0.3 is 6.03 Å². The van der Waals surface area contributed by atoms with Crippen LogP contribution >= 0.6 is 22.6 Å². The van der Waals surface area contributed by atoms with E-state index in [0.717, 1.165) is 22.1 Å². The van der Waals surface area contributed by atoms with Gasteiger partial charge in [-0.2, -0.15) is 0 Å². The van der Waals surface area contributed by atoms with Gasteiger partial charge in [-0.3, -0.25) is 0 Å². The molecule has 0 radical (unpaired) electrons. The quantitative estimate of drug-likeness (QED) is 0.810. The highest BCUT2D eigenvalue weighted by Gasteiger charge is 2.22. The van der Waals surface area contributed by atoms with E-state index in [2.05, 4.69) is 33.2 Å². The standard InChI is InChI=1S/C10H11IN2O/c11-7-1-3-8(4-2-7)12-10(14)13-9-5-6-9/h1-4,9H,5-6H2,(H2,12,13,14). The van der Waals surface area contributed by atoms with E-state index in [1.807, 2.05) is 24.3 Å². The minimum atomic E-state index is -0.103. The molecule has 1 aliphatic carbocycles. The van der Waals surface area contributed by atoms with Crippen molar-refractivity contribution in [1.82, 2.24) is 5.32 Å². The molecule has 0 spiro atoms. The number of nitrogens with one attached hydrogen (secondary N) is 2. The molecule has 0 atom stereocenters. The Morgan fingerprint density at radius 3 is 2.50 bits per heavy atom. The molecule has 0 unspecified atom stereocenters. The van der Waals surface area contributed by atoms with E-state index in [1.165, 1.54) is 0 Å². The maximum Gasteiger partial charge on any atom is 0.319 e. The van der Waals surface area contributed by atoms with Crippen LogP contribution in [0.3, 0.4) is 0 Å². The fourth-order valence-electron chi connectivity index (χ4n) is 1.11. The second-order valence-corrected chi connectivity index (χ2v) is 4.63. The van der Waals surface area contributed by atoms with Crippen molar-refractivity contribution in [3.05, 3.63) is 27.8 Å². The van der Waals surface area contributed by atoms with E-state index in [9.17, 15) is 4.79 Å². The van der Waals surface area contributed by atoms with Crippen LogP contribution in [0.15, 0.2) is 24.3 Å². The van der Waals surface area contributed by atoms with E-state index in [-0.39, 0.29) is 6.03 Å². The Kier molecular flexibility index (Phi) is 2.90. The zero-order valence-electron chi connectivity index (χ0n) is 7.59. The van der Waals surface area contributed by atoms with Crippen LogP contribution in [-0.2, 0) is 0 Å². The summed E-state index contributed by atoms with van der Waals surface area (Å²) in [5.74, 6) is 0. The molecule has 1 aromatic carbocycles. The lowest BCUT2D eigenvalue weighted by Crippen LogP contribution is -2.30. The van der Waals surface area contributed by atoms with Crippen molar-refractivity contribution in [2.45, 2.75) is 18.9 Å². The van der Waals surface area contributed by atoms with Crippen LogP contribution in [0.25, 0.3) is 0 Å². The van der Waals surface area contributed by atoms with Gasteiger partial charge in [0.15, 0.2) is 0 Å². The second kappa shape index (κ2) is 4.16. The molecule has 0 aliphatic heterocycles. The van der Waals surface area contributed by atoms with Gasteiger partial charge in [-0.05, 0) is 59.7 Å². The van der Waals surface area contributed by atoms with Crippen molar-refractivity contribution in [2.75, 3.05) is 5.32 Å². The van der Waals surface area contributed by atoms with Crippen LogP contribution in [0.4, 0.5) is 10.5 Å². The lowest BCUT2D eigenvalue weighted by atomic mass is 10.3. The molecule has 4 heteroatoms. The normalized spacial score (nSPS) is 14.9. The SMILES string of the molecule is O=C(Nc1ccc(I)cc1)NC1CC1. The van der Waals surface area contributed by atoms with Crippen LogP contribution in [0.5, 0.6) is 0 Å². The highest BCUT2D eigenvalue weighted by Crippen LogP contribution is 2.19. The average molecular weight is 302 g/mol. The molecular formula is C10H11IN2O. The number of urea groups is 1. The molecular weight excluding hydrogens is 291 g/mol. The van der Waals surface area contributed by atoms with Gasteiger partial charge in [-0.1, -0.05) is 0 Å². The Bertz CT molecular complexity index is 332. The Morgan fingerprint density at radius 1 is 1.29 bits per heavy atom. The lowest BCUT2D eigenvalue weighted by Gasteiger charge is -2.05. The monoisotopic (exact) mass is 302 g/mol. The number of halogens is 1. The molecule has 2 amide bonds. The fourth-order valence-corrected chi connectivity index (χ4v) is 1.47. The number of rotatable bonds is 2. The zero-order chi connectivity index (χ0) is 9.97. The number of anilines is 1. The third-order valence-electron chi connectivity index (χ3n) is 2.01. The van der Waals surface area contributed by atoms with Gasteiger partial charge in [0.25, 0.3) is 0 Å². The van der Waals surface area contributed by atoms with E-state index >= 15 is 0 Å². The van der Waals surface area contributed by atoms with Crippen molar-refractivity contribution in [2.24, 2.45) is 0 Å². The van der Waals surface area contributed by atoms with Gasteiger partial charge in [-0.15, -0.1) is 0 Å².